The van der Waals surface area contributed by atoms with Crippen molar-refractivity contribution in [3.8, 4) is 5.69 Å². The van der Waals surface area contributed by atoms with E-state index in [4.69, 9.17) is 11.6 Å². The SMILES string of the molecule is Cc1ccc(-n2c3c(cc(C(=O)Nc4cccc(Cl)c4)c2=O)C(=O)CCC3)cc1. The van der Waals surface area contributed by atoms with Crippen molar-refractivity contribution in [2.24, 2.45) is 0 Å². The smallest absolute Gasteiger partial charge is 0.268 e. The molecule has 4 rings (SSSR count). The van der Waals surface area contributed by atoms with Crippen LogP contribution in [0.3, 0.4) is 0 Å². The molecule has 1 heterocycles. The molecule has 0 spiro atoms. The first-order valence-corrected chi connectivity index (χ1v) is 9.78. The van der Waals surface area contributed by atoms with Gasteiger partial charge in [-0.15, -0.1) is 0 Å². The van der Waals surface area contributed by atoms with Crippen LogP contribution in [0.1, 0.15) is 44.8 Å². The number of anilines is 1. The number of hydrogen-bond donors (Lipinski definition) is 1. The average molecular weight is 407 g/mol. The molecule has 0 aliphatic heterocycles. The molecule has 1 aliphatic rings. The summed E-state index contributed by atoms with van der Waals surface area (Å²) in [6.45, 7) is 1.96. The lowest BCUT2D eigenvalue weighted by atomic mass is 9.92. The van der Waals surface area contributed by atoms with Crippen molar-refractivity contribution in [2.75, 3.05) is 5.32 Å². The molecule has 2 aromatic carbocycles. The molecule has 0 unspecified atom stereocenters. The summed E-state index contributed by atoms with van der Waals surface area (Å²) in [5.41, 5.74) is 2.77. The lowest BCUT2D eigenvalue weighted by Crippen LogP contribution is -2.33. The van der Waals surface area contributed by atoms with Gasteiger partial charge in [0.2, 0.25) is 0 Å². The zero-order valence-corrected chi connectivity index (χ0v) is 16.6. The number of Topliss-reactive ketones (excluding diaryl/α,β-unsaturated/α-hetero) is 1. The number of ketones is 1. The topological polar surface area (TPSA) is 68.2 Å². The molecule has 0 saturated carbocycles. The highest BCUT2D eigenvalue weighted by molar-refractivity contribution is 6.31. The Hall–Kier alpha value is -3.18. The molecule has 6 heteroatoms. The van der Waals surface area contributed by atoms with Gasteiger partial charge in [0.25, 0.3) is 11.5 Å². The van der Waals surface area contributed by atoms with Crippen molar-refractivity contribution in [3.05, 3.63) is 92.4 Å². The van der Waals surface area contributed by atoms with Gasteiger partial charge in [-0.2, -0.15) is 0 Å². The number of pyridine rings is 1. The highest BCUT2D eigenvalue weighted by atomic mass is 35.5. The van der Waals surface area contributed by atoms with Gasteiger partial charge >= 0.3 is 0 Å². The third-order valence-corrected chi connectivity index (χ3v) is 5.28. The van der Waals surface area contributed by atoms with Crippen LogP contribution in [0, 0.1) is 6.92 Å². The van der Waals surface area contributed by atoms with Crippen molar-refractivity contribution < 1.29 is 9.59 Å². The van der Waals surface area contributed by atoms with Crippen LogP contribution in [0.25, 0.3) is 5.69 Å². The van der Waals surface area contributed by atoms with E-state index in [1.165, 1.54) is 10.6 Å². The summed E-state index contributed by atoms with van der Waals surface area (Å²) in [6.07, 6.45) is 1.71. The molecule has 0 bridgehead atoms. The minimum Gasteiger partial charge on any atom is -0.322 e. The number of nitrogens with one attached hydrogen (secondary N) is 1. The summed E-state index contributed by atoms with van der Waals surface area (Å²) in [5.74, 6) is -0.622. The average Bonchev–Trinajstić information content (AvgIpc) is 2.69. The van der Waals surface area contributed by atoms with Gasteiger partial charge in [-0.05, 0) is 56.2 Å². The lowest BCUT2D eigenvalue weighted by molar-refractivity contribution is 0.0971. The fourth-order valence-corrected chi connectivity index (χ4v) is 3.78. The van der Waals surface area contributed by atoms with Crippen molar-refractivity contribution in [3.63, 3.8) is 0 Å². The van der Waals surface area contributed by atoms with E-state index in [9.17, 15) is 14.4 Å². The van der Waals surface area contributed by atoms with Gasteiger partial charge in [-0.3, -0.25) is 19.0 Å². The Balaban J connectivity index is 1.86. The Kier molecular flexibility index (Phi) is 5.07. The van der Waals surface area contributed by atoms with E-state index in [2.05, 4.69) is 5.32 Å². The Labute approximate surface area is 172 Å². The van der Waals surface area contributed by atoms with Crippen LogP contribution in [0.2, 0.25) is 5.02 Å². The maximum atomic E-state index is 13.3. The summed E-state index contributed by atoms with van der Waals surface area (Å²) in [4.78, 5) is 38.7. The molecule has 29 heavy (non-hydrogen) atoms. The van der Waals surface area contributed by atoms with Crippen molar-refractivity contribution in [1.82, 2.24) is 4.57 Å². The molecule has 0 saturated heterocycles. The molecule has 1 amide bonds. The Morgan fingerprint density at radius 1 is 1.03 bits per heavy atom. The van der Waals surface area contributed by atoms with Crippen molar-refractivity contribution in [1.29, 1.82) is 0 Å². The van der Waals surface area contributed by atoms with Crippen LogP contribution >= 0.6 is 11.6 Å². The van der Waals surface area contributed by atoms with E-state index in [1.807, 2.05) is 31.2 Å². The first kappa shape index (κ1) is 19.2. The van der Waals surface area contributed by atoms with Gasteiger partial charge in [-0.25, -0.2) is 0 Å². The number of hydrogen-bond acceptors (Lipinski definition) is 3. The number of aromatic nitrogens is 1. The van der Waals surface area contributed by atoms with Crippen LogP contribution in [-0.4, -0.2) is 16.3 Å². The summed E-state index contributed by atoms with van der Waals surface area (Å²) in [5, 5.41) is 3.17. The summed E-state index contributed by atoms with van der Waals surface area (Å²) < 4.78 is 1.50. The third kappa shape index (κ3) is 3.74. The number of amides is 1. The van der Waals surface area contributed by atoms with Crippen molar-refractivity contribution >= 4 is 29.0 Å². The molecular formula is C23H19ClN2O3. The molecular weight excluding hydrogens is 388 g/mol. The molecule has 0 fully saturated rings. The molecule has 1 N–H and O–H groups in total. The second kappa shape index (κ2) is 7.68. The Morgan fingerprint density at radius 3 is 2.52 bits per heavy atom. The molecule has 146 valence electrons. The monoisotopic (exact) mass is 406 g/mol. The standard InChI is InChI=1S/C23H19ClN2O3/c1-14-8-10-17(11-9-14)26-20-6-3-7-21(27)18(20)13-19(23(26)29)22(28)25-16-5-2-4-15(24)12-16/h2,4-5,8-13H,3,6-7H2,1H3,(H,25,28). The van der Waals surface area contributed by atoms with E-state index in [1.54, 1.807) is 24.3 Å². The first-order chi connectivity index (χ1) is 13.9. The number of carbonyl (C=O) groups excluding carboxylic acids is 2. The van der Waals surface area contributed by atoms with Gasteiger partial charge in [0, 0.05) is 34.1 Å². The summed E-state index contributed by atoms with van der Waals surface area (Å²) in [6, 6.07) is 15.6. The number of benzene rings is 2. The highest BCUT2D eigenvalue weighted by Gasteiger charge is 2.26. The predicted molar refractivity (Wildman–Crippen MR) is 113 cm³/mol. The number of nitrogens with zero attached hydrogens (tertiary/aromatic N) is 1. The van der Waals surface area contributed by atoms with E-state index >= 15 is 0 Å². The Bertz CT molecular complexity index is 1180. The number of halogens is 1. The van der Waals surface area contributed by atoms with Gasteiger partial charge in [0.15, 0.2) is 5.78 Å². The molecule has 1 aromatic heterocycles. The molecule has 1 aliphatic carbocycles. The van der Waals surface area contributed by atoms with E-state index in [-0.39, 0.29) is 11.3 Å². The number of rotatable bonds is 3. The third-order valence-electron chi connectivity index (χ3n) is 5.04. The minimum absolute atomic E-state index is 0.0519. The fourth-order valence-electron chi connectivity index (χ4n) is 3.59. The maximum absolute atomic E-state index is 13.3. The maximum Gasteiger partial charge on any atom is 0.268 e. The van der Waals surface area contributed by atoms with Gasteiger partial charge in [0.1, 0.15) is 5.56 Å². The Morgan fingerprint density at radius 2 is 1.79 bits per heavy atom. The van der Waals surface area contributed by atoms with Crippen LogP contribution in [0.4, 0.5) is 5.69 Å². The summed E-state index contributed by atoms with van der Waals surface area (Å²) in [7, 11) is 0. The van der Waals surface area contributed by atoms with Crippen molar-refractivity contribution in [2.45, 2.75) is 26.2 Å². The summed E-state index contributed by atoms with van der Waals surface area (Å²) >= 11 is 5.98. The molecule has 0 radical (unpaired) electrons. The molecule has 3 aromatic rings. The quantitative estimate of drug-likeness (QED) is 0.692. The normalized spacial score (nSPS) is 13.1. The van der Waals surface area contributed by atoms with Crippen LogP contribution in [0.5, 0.6) is 0 Å². The fraction of sp³-hybridized carbons (Fsp3) is 0.174. The zero-order valence-electron chi connectivity index (χ0n) is 15.9. The number of aryl methyl sites for hydroxylation is 1. The van der Waals surface area contributed by atoms with Crippen LogP contribution in [0.15, 0.2) is 59.4 Å². The number of fused-ring (bicyclic) bond motifs is 1. The lowest BCUT2D eigenvalue weighted by Gasteiger charge is -2.21. The largest absolute Gasteiger partial charge is 0.322 e. The van der Waals surface area contributed by atoms with E-state index in [0.717, 1.165) is 5.56 Å². The number of carbonyl (C=O) groups is 2. The zero-order chi connectivity index (χ0) is 20.5. The minimum atomic E-state index is -0.570. The van der Waals surface area contributed by atoms with Gasteiger partial charge in [0.05, 0.1) is 0 Å². The van der Waals surface area contributed by atoms with Crippen LogP contribution < -0.4 is 10.9 Å². The molecule has 5 nitrogen and oxygen atoms in total. The van der Waals surface area contributed by atoms with Crippen LogP contribution in [-0.2, 0) is 6.42 Å². The van der Waals surface area contributed by atoms with E-state index < -0.39 is 11.5 Å². The highest BCUT2D eigenvalue weighted by Crippen LogP contribution is 2.24. The van der Waals surface area contributed by atoms with Gasteiger partial charge < -0.3 is 5.32 Å². The molecule has 0 atom stereocenters. The van der Waals surface area contributed by atoms with E-state index in [0.29, 0.717) is 46.9 Å². The predicted octanol–water partition coefficient (Wildman–Crippen LogP) is 4.57. The first-order valence-electron chi connectivity index (χ1n) is 9.40. The second-order valence-corrected chi connectivity index (χ2v) is 7.57. The second-order valence-electron chi connectivity index (χ2n) is 7.14. The van der Waals surface area contributed by atoms with Gasteiger partial charge in [-0.1, -0.05) is 35.4 Å².